The minimum atomic E-state index is -1.58. The van der Waals surface area contributed by atoms with Crippen molar-refractivity contribution < 1.29 is 39.0 Å². The van der Waals surface area contributed by atoms with E-state index >= 15 is 0 Å². The molecule has 4 amide bonds. The Hall–Kier alpha value is -3.50. The van der Waals surface area contributed by atoms with E-state index < -0.39 is 53.0 Å². The van der Waals surface area contributed by atoms with Crippen LogP contribution in [-0.2, 0) is 30.4 Å². The zero-order valence-electron chi connectivity index (χ0n) is 18.9. The molecule has 1 rings (SSSR count). The zero-order valence-corrected chi connectivity index (χ0v) is 19.7. The summed E-state index contributed by atoms with van der Waals surface area (Å²) in [5.74, 6) is -3.88. The van der Waals surface area contributed by atoms with Gasteiger partial charge in [-0.3, -0.25) is 24.0 Å². The summed E-state index contributed by atoms with van der Waals surface area (Å²) in [7, 11) is 0.977. The van der Waals surface area contributed by atoms with Crippen molar-refractivity contribution in [2.24, 2.45) is 11.5 Å². The van der Waals surface area contributed by atoms with Gasteiger partial charge in [-0.15, -0.1) is 0 Å². The fraction of sp³-hybridized carbons (Fsp3) is 0.526. The molecule has 16 heteroatoms. The summed E-state index contributed by atoms with van der Waals surface area (Å²) >= 11 is 0.610. The predicted molar refractivity (Wildman–Crippen MR) is 123 cm³/mol. The van der Waals surface area contributed by atoms with Crippen molar-refractivity contribution >= 4 is 46.7 Å². The van der Waals surface area contributed by atoms with Gasteiger partial charge in [-0.05, 0) is 6.42 Å². The SMILES string of the molecule is CN(C(=O)O)C(=O)C(CSC(=O)C(Cc1cnc[nH]1)NC(=O)CCN)NC(=O)CCC(N)C(=O)O. The maximum absolute atomic E-state index is 12.9. The number of carboxylic acid groups (broad SMARTS) is 2. The second kappa shape index (κ2) is 14.7. The first-order valence-electron chi connectivity index (χ1n) is 10.4. The first-order chi connectivity index (χ1) is 16.5. The minimum absolute atomic E-state index is 0.0174. The summed E-state index contributed by atoms with van der Waals surface area (Å²) in [5.41, 5.74) is 11.3. The molecule has 0 aliphatic carbocycles. The number of nitrogens with two attached hydrogens (primary N) is 2. The average molecular weight is 516 g/mol. The monoisotopic (exact) mass is 515 g/mol. The third kappa shape index (κ3) is 10.5. The number of nitrogens with zero attached hydrogens (tertiary/aromatic N) is 2. The van der Waals surface area contributed by atoms with E-state index in [0.717, 1.165) is 7.05 Å². The summed E-state index contributed by atoms with van der Waals surface area (Å²) in [6.07, 6.45) is 0.771. The Labute approximate surface area is 204 Å². The standard InChI is InChI=1S/C19H29N7O8S/c1-26(19(33)34)16(29)13(25-14(27)3-2-11(21)17(30)31)8-35-18(32)12(24-15(28)4-5-20)6-10-7-22-9-23-10/h7,9,11-13H,2-6,8,20-21H2,1H3,(H,22,23)(H,24,28)(H,25,27)(H,30,31)(H,33,34). The lowest BCUT2D eigenvalue weighted by molar-refractivity contribution is -0.139. The Morgan fingerprint density at radius 3 is 2.29 bits per heavy atom. The van der Waals surface area contributed by atoms with Crippen molar-refractivity contribution in [3.63, 3.8) is 0 Å². The first-order valence-corrected chi connectivity index (χ1v) is 11.4. The molecule has 0 spiro atoms. The van der Waals surface area contributed by atoms with Crippen LogP contribution < -0.4 is 22.1 Å². The van der Waals surface area contributed by atoms with Gasteiger partial charge in [0.05, 0.1) is 6.33 Å². The van der Waals surface area contributed by atoms with Gasteiger partial charge in [0.2, 0.25) is 16.9 Å². The number of carbonyl (C=O) groups excluding carboxylic acids is 4. The molecular weight excluding hydrogens is 486 g/mol. The number of carboxylic acids is 1. The molecular formula is C19H29N7O8S. The normalized spacial score (nSPS) is 13.2. The molecule has 0 saturated carbocycles. The highest BCUT2D eigenvalue weighted by Gasteiger charge is 2.30. The molecule has 0 bridgehead atoms. The second-order valence-electron chi connectivity index (χ2n) is 7.35. The van der Waals surface area contributed by atoms with Crippen molar-refractivity contribution in [1.82, 2.24) is 25.5 Å². The largest absolute Gasteiger partial charge is 0.480 e. The van der Waals surface area contributed by atoms with Gasteiger partial charge in [0.25, 0.3) is 5.91 Å². The van der Waals surface area contributed by atoms with Crippen LogP contribution in [0.5, 0.6) is 0 Å². The van der Waals surface area contributed by atoms with Gasteiger partial charge in [0.15, 0.2) is 0 Å². The number of carbonyl (C=O) groups is 6. The van der Waals surface area contributed by atoms with E-state index in [2.05, 4.69) is 20.6 Å². The molecule has 0 aliphatic heterocycles. The van der Waals surface area contributed by atoms with Gasteiger partial charge in [-0.1, -0.05) is 11.8 Å². The Bertz CT molecular complexity index is 911. The Kier molecular flexibility index (Phi) is 12.4. The second-order valence-corrected chi connectivity index (χ2v) is 8.38. The van der Waals surface area contributed by atoms with Crippen molar-refractivity contribution in [2.75, 3.05) is 19.3 Å². The van der Waals surface area contributed by atoms with Crippen molar-refractivity contribution in [3.05, 3.63) is 18.2 Å². The Morgan fingerprint density at radius 1 is 1.11 bits per heavy atom. The van der Waals surface area contributed by atoms with Gasteiger partial charge in [0.1, 0.15) is 18.1 Å². The van der Waals surface area contributed by atoms with E-state index in [0.29, 0.717) is 22.4 Å². The third-order valence-electron chi connectivity index (χ3n) is 4.61. The molecule has 35 heavy (non-hydrogen) atoms. The highest BCUT2D eigenvalue weighted by atomic mass is 32.2. The summed E-state index contributed by atoms with van der Waals surface area (Å²) in [5, 5.41) is 22.2. The van der Waals surface area contributed by atoms with E-state index in [9.17, 15) is 28.8 Å². The topological polar surface area (TPSA) is 251 Å². The summed E-state index contributed by atoms with van der Waals surface area (Å²) in [6.45, 7) is 0.0691. The number of hydrogen-bond donors (Lipinski definition) is 7. The molecule has 1 aromatic rings. The van der Waals surface area contributed by atoms with E-state index in [1.54, 1.807) is 0 Å². The quantitative estimate of drug-likeness (QED) is 0.140. The highest BCUT2D eigenvalue weighted by molar-refractivity contribution is 8.13. The van der Waals surface area contributed by atoms with E-state index in [1.807, 2.05) is 0 Å². The number of amides is 4. The lowest BCUT2D eigenvalue weighted by atomic mass is 10.1. The number of nitrogens with one attached hydrogen (secondary N) is 3. The summed E-state index contributed by atoms with van der Waals surface area (Å²) in [6, 6.07) is -3.74. The van der Waals surface area contributed by atoms with Crippen LogP contribution in [-0.4, -0.2) is 97.5 Å². The molecule has 1 heterocycles. The third-order valence-corrected chi connectivity index (χ3v) is 5.68. The molecule has 0 aliphatic rings. The maximum Gasteiger partial charge on any atom is 0.413 e. The van der Waals surface area contributed by atoms with Gasteiger partial charge >= 0.3 is 12.1 Å². The number of likely N-dealkylation sites (N-methyl/N-ethyl adjacent to an activating group) is 1. The number of aromatic amines is 1. The lowest BCUT2D eigenvalue weighted by Gasteiger charge is -2.22. The smallest absolute Gasteiger partial charge is 0.413 e. The molecule has 9 N–H and O–H groups in total. The van der Waals surface area contributed by atoms with Crippen LogP contribution in [0.15, 0.2) is 12.5 Å². The molecule has 0 fully saturated rings. The number of hydrogen-bond acceptors (Lipinski definition) is 10. The first kappa shape index (κ1) is 29.5. The number of thioether (sulfide) groups is 1. The number of imidazole rings is 1. The zero-order chi connectivity index (χ0) is 26.5. The van der Waals surface area contributed by atoms with Crippen LogP contribution in [0.2, 0.25) is 0 Å². The molecule has 194 valence electrons. The predicted octanol–water partition coefficient (Wildman–Crippen LogP) is -2.14. The number of imide groups is 1. The fourth-order valence-electron chi connectivity index (χ4n) is 2.65. The van der Waals surface area contributed by atoms with Crippen LogP contribution >= 0.6 is 11.8 Å². The maximum atomic E-state index is 12.9. The van der Waals surface area contributed by atoms with Gasteiger partial charge in [-0.25, -0.2) is 14.7 Å². The van der Waals surface area contributed by atoms with Crippen LogP contribution in [0.1, 0.15) is 25.0 Å². The van der Waals surface area contributed by atoms with Crippen LogP contribution in [0.25, 0.3) is 0 Å². The molecule has 1 aromatic heterocycles. The Morgan fingerprint density at radius 2 is 1.74 bits per heavy atom. The van der Waals surface area contributed by atoms with Crippen LogP contribution in [0, 0.1) is 0 Å². The minimum Gasteiger partial charge on any atom is -0.480 e. The molecule has 3 atom stereocenters. The Balaban J connectivity index is 2.91. The van der Waals surface area contributed by atoms with Gasteiger partial charge in [0, 0.05) is 50.5 Å². The van der Waals surface area contributed by atoms with Crippen molar-refractivity contribution in [2.45, 2.75) is 43.8 Å². The number of aromatic nitrogens is 2. The van der Waals surface area contributed by atoms with Crippen LogP contribution in [0.3, 0.4) is 0 Å². The number of aliphatic carboxylic acids is 1. The van der Waals surface area contributed by atoms with Crippen molar-refractivity contribution in [1.29, 1.82) is 0 Å². The summed E-state index contributed by atoms with van der Waals surface area (Å²) in [4.78, 5) is 78.7. The van der Waals surface area contributed by atoms with Gasteiger partial charge < -0.3 is 37.3 Å². The average Bonchev–Trinajstić information content (AvgIpc) is 3.31. The van der Waals surface area contributed by atoms with E-state index in [-0.39, 0.29) is 38.0 Å². The van der Waals surface area contributed by atoms with E-state index in [1.165, 1.54) is 12.5 Å². The van der Waals surface area contributed by atoms with Crippen LogP contribution in [0.4, 0.5) is 4.79 Å². The van der Waals surface area contributed by atoms with Crippen molar-refractivity contribution in [3.8, 4) is 0 Å². The highest BCUT2D eigenvalue weighted by Crippen LogP contribution is 2.13. The molecule has 3 unspecified atom stereocenters. The lowest BCUT2D eigenvalue weighted by Crippen LogP contribution is -2.51. The summed E-state index contributed by atoms with van der Waals surface area (Å²) < 4.78 is 0. The molecule has 15 nitrogen and oxygen atoms in total. The fourth-order valence-corrected chi connectivity index (χ4v) is 3.55. The molecule has 0 aromatic carbocycles. The number of H-pyrrole nitrogens is 1. The van der Waals surface area contributed by atoms with Gasteiger partial charge in [-0.2, -0.15) is 0 Å². The molecule has 0 saturated heterocycles. The number of rotatable bonds is 14. The van der Waals surface area contributed by atoms with E-state index in [4.69, 9.17) is 21.7 Å². The molecule has 0 radical (unpaired) electrons.